The Kier molecular flexibility index (Phi) is 35.3. The summed E-state index contributed by atoms with van der Waals surface area (Å²) in [5.74, 6) is 2.27. The maximum Gasteiger partial charge on any atom is 0.416 e. The van der Waals surface area contributed by atoms with Crippen molar-refractivity contribution in [1.29, 1.82) is 0 Å². The highest BCUT2D eigenvalue weighted by molar-refractivity contribution is 9.11. The van der Waals surface area contributed by atoms with Gasteiger partial charge < -0.3 is 63.8 Å². The van der Waals surface area contributed by atoms with Gasteiger partial charge in [-0.1, -0.05) is 175 Å². The number of aliphatic imine (C=N–C) groups is 6. The quantitative estimate of drug-likeness (QED) is 0.0492. The molecule has 6 aliphatic rings. The minimum Gasteiger partial charge on any atom is -0.369 e. The van der Waals surface area contributed by atoms with E-state index < -0.39 is 33.3 Å². The van der Waals surface area contributed by atoms with Gasteiger partial charge in [0.25, 0.3) is 0 Å². The van der Waals surface area contributed by atoms with Crippen LogP contribution in [0.1, 0.15) is 94.2 Å². The number of hydrogen-bond acceptors (Lipinski definition) is 8. The summed E-state index contributed by atoms with van der Waals surface area (Å²) < 4.78 is 105. The van der Waals surface area contributed by atoms with Gasteiger partial charge in [0.05, 0.1) is 60.2 Å². The minimum absolute atomic E-state index is 0.0215. The molecule has 0 aliphatic carbocycles. The van der Waals surface area contributed by atoms with Gasteiger partial charge >= 0.3 is 12.4 Å². The van der Waals surface area contributed by atoms with Gasteiger partial charge in [-0.25, -0.2) is 38.4 Å². The predicted molar refractivity (Wildman–Crippen MR) is 567 cm³/mol. The van der Waals surface area contributed by atoms with Crippen molar-refractivity contribution in [3.63, 3.8) is 0 Å². The Morgan fingerprint density at radius 2 is 0.642 bits per heavy atom. The molecule has 0 spiro atoms. The summed E-state index contributed by atoms with van der Waals surface area (Å²) in [7, 11) is -3.46. The molecule has 0 radical (unpaired) electrons. The van der Waals surface area contributed by atoms with E-state index in [9.17, 15) is 34.8 Å². The van der Waals surface area contributed by atoms with Gasteiger partial charge in [0.2, 0.25) is 35.8 Å². The van der Waals surface area contributed by atoms with E-state index in [4.69, 9.17) is 92.4 Å². The Morgan fingerprint density at radius 1 is 0.321 bits per heavy atom. The molecule has 36 heteroatoms. The van der Waals surface area contributed by atoms with Crippen molar-refractivity contribution in [3.8, 4) is 0 Å². The lowest BCUT2D eigenvalue weighted by Gasteiger charge is -2.30. The van der Waals surface area contributed by atoms with Crippen LogP contribution in [0.4, 0.5) is 94.6 Å². The zero-order chi connectivity index (χ0) is 98.2. The van der Waals surface area contributed by atoms with Crippen LogP contribution in [-0.2, 0) is 60.7 Å². The number of aryl methyl sites for hydroxylation is 8. The number of guanidine groups is 6. The van der Waals surface area contributed by atoms with Crippen molar-refractivity contribution in [1.82, 2.24) is 0 Å². The minimum atomic E-state index is -4.42. The molecule has 6 aliphatic heterocycles. The van der Waals surface area contributed by atoms with Crippen LogP contribution in [0.15, 0.2) is 295 Å². The van der Waals surface area contributed by atoms with E-state index in [1.54, 1.807) is 46.2 Å². The van der Waals surface area contributed by atoms with E-state index in [-0.39, 0.29) is 27.5 Å². The number of fused-ring (bicyclic) bond motifs is 6. The second-order valence-electron chi connectivity index (χ2n) is 32.6. The first-order chi connectivity index (χ1) is 65.3. The molecule has 12 N–H and O–H groups in total. The summed E-state index contributed by atoms with van der Waals surface area (Å²) in [5.41, 5.74) is 54.2. The average molecular weight is 2240 g/mol. The summed E-state index contributed by atoms with van der Waals surface area (Å²) in [5, 5.41) is 2.43. The highest BCUT2D eigenvalue weighted by Crippen LogP contribution is 2.42. The molecule has 714 valence electrons. The first-order valence-corrected chi connectivity index (χ1v) is 50.6. The summed E-state index contributed by atoms with van der Waals surface area (Å²) in [6, 6.07) is 72.6. The number of halogens is 15. The normalized spacial score (nSPS) is 15.1. The predicted octanol–water partition coefficient (Wildman–Crippen LogP) is 26.9. The summed E-state index contributed by atoms with van der Waals surface area (Å²) in [6.07, 6.45) is 3.35. The fourth-order valence-electron chi connectivity index (χ4n) is 16.2. The Balaban J connectivity index is 0.000000139. The third kappa shape index (κ3) is 27.6. The molecule has 6 heterocycles. The molecule has 0 aromatic heterocycles. The zero-order valence-electron chi connectivity index (χ0n) is 74.5. The summed E-state index contributed by atoms with van der Waals surface area (Å²) in [4.78, 5) is 38.5. The molecular weight excluding hydrogens is 2140 g/mol. The zero-order valence-corrected chi connectivity index (χ0v) is 85.5. The second-order valence-corrected chi connectivity index (χ2v) is 40.3. The summed E-state index contributed by atoms with van der Waals surface area (Å²) >= 11 is 44.0. The molecule has 20 nitrogen and oxygen atoms in total. The lowest BCUT2D eigenvalue weighted by molar-refractivity contribution is -0.138. The number of anilines is 6. The molecule has 12 aromatic rings. The van der Waals surface area contributed by atoms with Crippen LogP contribution in [0.25, 0.3) is 0 Å². The number of nitrogens with zero attached hydrogens (tertiary/aromatic N) is 12. The maximum absolute atomic E-state index is 13.0. The van der Waals surface area contributed by atoms with Gasteiger partial charge in [0.15, 0.2) is 9.84 Å². The Labute approximate surface area is 851 Å². The van der Waals surface area contributed by atoms with Gasteiger partial charge in [-0.15, -0.1) is 0 Å². The van der Waals surface area contributed by atoms with Gasteiger partial charge in [0.1, 0.15) is 0 Å². The molecule has 18 rings (SSSR count). The van der Waals surface area contributed by atoms with Crippen molar-refractivity contribution in [2.24, 2.45) is 64.4 Å². The maximum atomic E-state index is 13.0. The van der Waals surface area contributed by atoms with Crippen LogP contribution in [0, 0.1) is 13.8 Å². The highest BCUT2D eigenvalue weighted by atomic mass is 79.9. The van der Waals surface area contributed by atoms with Gasteiger partial charge in [-0.2, -0.15) is 26.3 Å². The lowest BCUT2D eigenvalue weighted by Crippen LogP contribution is -2.40. The molecule has 12 aromatic carbocycles. The smallest absolute Gasteiger partial charge is 0.369 e. The van der Waals surface area contributed by atoms with Gasteiger partial charge in [0, 0.05) is 113 Å². The molecule has 0 amide bonds. The standard InChI is InChI=1S/C18H17ClF3N3O2S.C18H21N3.C17H14Br2F3N3.C16H15Br2N3.2C16H15Cl2N3/c1-28(26,27)13-5-6-14(19)15(10-13)24-17(23)25-8-2-3-11-9-12(18(20,21)22)4-7-16(11)25;1-13-9-10-14(2)16(12-13)20-18(19)21-11-5-7-15-6-3-4-8-17(15)21;18-12-4-5-13(19)14(9-12)24-16(23)25-7-1-2-10-8-11(17(20,21)22)3-6-15(10)25;2*17-12-7-8-13(18)14(10-12)20-16(19)21-9-3-5-11-4-1-2-6-15(11)21;17-12-8-13(18)10-14(9-12)20-16(19)21-7-3-5-11-4-1-2-6-15(11)21/h4-7,9-10H,2-3,8H2,1H3,(H2,23,24);3-4,6,8-10,12H,5,7,11H2,1-2H3,(H2,19,20);3-6,8-9H,1-2,7H2,(H2,23,24);2*1-2,4,6-8,10H,3,5,9H2,(H2,19,20);1-2,4,6,8-10H,3,5,7H2,(H2,19,20). The number of hydrogen-bond donors (Lipinski definition) is 6. The fraction of sp³-hybridized carbons (Fsp3) is 0.228. The summed E-state index contributed by atoms with van der Waals surface area (Å²) in [6.45, 7) is 8.76. The first-order valence-electron chi connectivity index (χ1n) is 43.6. The average Bonchev–Trinajstić information content (AvgIpc) is 0.783. The molecule has 137 heavy (non-hydrogen) atoms. The van der Waals surface area contributed by atoms with E-state index in [2.05, 4.69) is 202 Å². The van der Waals surface area contributed by atoms with Crippen molar-refractivity contribution in [2.45, 2.75) is 108 Å². The third-order valence-corrected chi connectivity index (χ3v) is 27.6. The Morgan fingerprint density at radius 3 is 1.01 bits per heavy atom. The van der Waals surface area contributed by atoms with E-state index in [1.807, 2.05) is 76.5 Å². The number of rotatable bonds is 7. The van der Waals surface area contributed by atoms with Crippen LogP contribution in [0.5, 0.6) is 0 Å². The molecular formula is C101H97Br4Cl5F6N18O2S. The van der Waals surface area contributed by atoms with Crippen molar-refractivity contribution >= 4 is 236 Å². The molecule has 0 fully saturated rings. The number of alkyl halides is 6. The van der Waals surface area contributed by atoms with Crippen molar-refractivity contribution in [3.05, 3.63) is 341 Å². The highest BCUT2D eigenvalue weighted by Gasteiger charge is 2.35. The first kappa shape index (κ1) is 104. The van der Waals surface area contributed by atoms with Crippen LogP contribution in [0.3, 0.4) is 0 Å². The molecule has 0 bridgehead atoms. The van der Waals surface area contributed by atoms with Crippen LogP contribution >= 0.6 is 122 Å². The van der Waals surface area contributed by atoms with Crippen LogP contribution < -0.4 is 63.8 Å². The number of nitrogens with two attached hydrogens (primary N) is 6. The van der Waals surface area contributed by atoms with Crippen molar-refractivity contribution < 1.29 is 34.8 Å². The molecule has 0 saturated carbocycles. The van der Waals surface area contributed by atoms with E-state index >= 15 is 0 Å². The molecule has 0 saturated heterocycles. The van der Waals surface area contributed by atoms with Crippen LogP contribution in [0.2, 0.25) is 25.1 Å². The molecule has 0 unspecified atom stereocenters. The fourth-order valence-corrected chi connectivity index (χ4v) is 19.2. The van der Waals surface area contributed by atoms with Gasteiger partial charge in [-0.3, -0.25) is 0 Å². The van der Waals surface area contributed by atoms with Crippen molar-refractivity contribution in [2.75, 3.05) is 74.9 Å². The monoisotopic (exact) mass is 2230 g/mol. The molecule has 0 atom stereocenters. The topological polar surface area (TPSA) is 284 Å². The number of sulfone groups is 1. The number of para-hydroxylation sites is 4. The Bertz CT molecular complexity index is 6430. The second kappa shape index (κ2) is 46.7. The largest absolute Gasteiger partial charge is 0.416 e. The third-order valence-electron chi connectivity index (χ3n) is 22.9. The van der Waals surface area contributed by atoms with E-state index in [0.29, 0.717) is 122 Å². The lowest BCUT2D eigenvalue weighted by atomic mass is 9.99. The SMILES string of the molecule is CS(=O)(=O)c1ccc(Cl)c(N=C(N)N2CCCc3cc(C(F)(F)F)ccc32)c1.Cc1ccc(C)c(N=C(N)N2CCCc3ccccc32)c1.NC(=Nc1cc(Br)ccc1Br)N1CCCc2cc(C(F)(F)F)ccc21.NC(=Nc1cc(Br)ccc1Br)N1CCCc2ccccc21.NC(=Nc1cc(Cl)cc(Cl)c1)N1CCCc2ccccc21.NC(=Nc1cc(Cl)ccc1Cl)N1CCCc2ccccc21. The van der Waals surface area contributed by atoms with Crippen LogP contribution in [-0.4, -0.2) is 89.7 Å². The van der Waals surface area contributed by atoms with Gasteiger partial charge in [-0.05, 0) is 325 Å². The van der Waals surface area contributed by atoms with E-state index in [1.165, 1.54) is 69.9 Å². The number of benzene rings is 12. The Hall–Kier alpha value is -10.8. The van der Waals surface area contributed by atoms with E-state index in [0.717, 1.165) is 154 Å².